The summed E-state index contributed by atoms with van der Waals surface area (Å²) in [5.74, 6) is -1.62. The van der Waals surface area contributed by atoms with Crippen LogP contribution in [0.5, 0.6) is 0 Å². The molecular weight excluding hydrogens is 387 g/mol. The number of rotatable bonds is 4. The summed E-state index contributed by atoms with van der Waals surface area (Å²) in [6.45, 7) is 1.71. The van der Waals surface area contributed by atoms with Gasteiger partial charge in [-0.3, -0.25) is 14.0 Å². The molecule has 1 aliphatic rings. The fourth-order valence-corrected chi connectivity index (χ4v) is 3.83. The molecule has 2 heterocycles. The number of halogens is 1. The topological polar surface area (TPSA) is 95.7 Å². The predicted molar refractivity (Wildman–Crippen MR) is 110 cm³/mol. The average Bonchev–Trinajstić information content (AvgIpc) is 3.15. The van der Waals surface area contributed by atoms with E-state index in [-0.39, 0.29) is 23.0 Å². The molecule has 7 nitrogen and oxygen atoms in total. The zero-order valence-electron chi connectivity index (χ0n) is 16.6. The van der Waals surface area contributed by atoms with Crippen LogP contribution in [0.1, 0.15) is 53.5 Å². The summed E-state index contributed by atoms with van der Waals surface area (Å²) in [5, 5.41) is 15.9. The van der Waals surface area contributed by atoms with Gasteiger partial charge in [0.1, 0.15) is 17.2 Å². The molecule has 2 atom stereocenters. The molecule has 3 N–H and O–H groups in total. The molecule has 1 aliphatic carbocycles. The van der Waals surface area contributed by atoms with Gasteiger partial charge < -0.3 is 15.7 Å². The number of hydrogen-bond donors (Lipinski definition) is 3. The lowest BCUT2D eigenvalue weighted by Crippen LogP contribution is -2.52. The van der Waals surface area contributed by atoms with Crippen LogP contribution in [0.2, 0.25) is 0 Å². The van der Waals surface area contributed by atoms with E-state index in [4.69, 9.17) is 0 Å². The van der Waals surface area contributed by atoms with E-state index in [1.54, 1.807) is 35.7 Å². The predicted octanol–water partition coefficient (Wildman–Crippen LogP) is 3.15. The number of anilines is 1. The van der Waals surface area contributed by atoms with Gasteiger partial charge in [0, 0.05) is 11.8 Å². The third-order valence-electron chi connectivity index (χ3n) is 5.61. The van der Waals surface area contributed by atoms with Crippen molar-refractivity contribution in [2.24, 2.45) is 0 Å². The first-order valence-corrected chi connectivity index (χ1v) is 9.91. The molecule has 1 saturated carbocycles. The number of nitrogens with one attached hydrogen (secondary N) is 2. The molecule has 0 aliphatic heterocycles. The number of carbonyl (C=O) groups excluding carboxylic acids is 2. The highest BCUT2D eigenvalue weighted by molar-refractivity contribution is 6.04. The van der Waals surface area contributed by atoms with Crippen molar-refractivity contribution in [3.05, 3.63) is 65.9 Å². The molecule has 2 aromatic heterocycles. The Morgan fingerprint density at radius 1 is 1.23 bits per heavy atom. The summed E-state index contributed by atoms with van der Waals surface area (Å²) in [5.41, 5.74) is -0.0392. The van der Waals surface area contributed by atoms with E-state index in [1.165, 1.54) is 18.3 Å². The van der Waals surface area contributed by atoms with Gasteiger partial charge in [0.25, 0.3) is 11.8 Å². The minimum Gasteiger partial charge on any atom is -0.388 e. The molecule has 0 spiro atoms. The van der Waals surface area contributed by atoms with Crippen molar-refractivity contribution < 1.29 is 19.1 Å². The molecule has 4 rings (SSSR count). The van der Waals surface area contributed by atoms with E-state index in [0.717, 1.165) is 18.9 Å². The number of hydrogen-bond acceptors (Lipinski definition) is 4. The smallest absolute Gasteiger partial charge is 0.274 e. The van der Waals surface area contributed by atoms with Crippen LogP contribution in [0, 0.1) is 5.82 Å². The molecule has 156 valence electrons. The second-order valence-corrected chi connectivity index (χ2v) is 7.85. The fourth-order valence-electron chi connectivity index (χ4n) is 3.83. The largest absolute Gasteiger partial charge is 0.388 e. The molecule has 0 unspecified atom stereocenters. The molecule has 0 bridgehead atoms. The molecule has 2 amide bonds. The Morgan fingerprint density at radius 3 is 2.87 bits per heavy atom. The van der Waals surface area contributed by atoms with Crippen LogP contribution in [0.25, 0.3) is 5.65 Å². The first kappa shape index (κ1) is 20.0. The van der Waals surface area contributed by atoms with Crippen molar-refractivity contribution in [1.82, 2.24) is 14.7 Å². The number of imidazole rings is 1. The van der Waals surface area contributed by atoms with Crippen molar-refractivity contribution >= 4 is 23.1 Å². The fraction of sp³-hybridized carbons (Fsp3) is 0.318. The number of carbonyl (C=O) groups is 2. The number of fused-ring (bicyclic) bond motifs is 1. The van der Waals surface area contributed by atoms with Crippen molar-refractivity contribution in [2.45, 2.75) is 44.2 Å². The van der Waals surface area contributed by atoms with Crippen molar-refractivity contribution in [2.75, 3.05) is 5.32 Å². The van der Waals surface area contributed by atoms with Gasteiger partial charge in [0.2, 0.25) is 0 Å². The van der Waals surface area contributed by atoms with Crippen LogP contribution in [-0.2, 0) is 0 Å². The Bertz CT molecular complexity index is 1110. The zero-order valence-corrected chi connectivity index (χ0v) is 16.6. The Labute approximate surface area is 172 Å². The number of amides is 2. The molecule has 30 heavy (non-hydrogen) atoms. The van der Waals surface area contributed by atoms with Gasteiger partial charge >= 0.3 is 0 Å². The van der Waals surface area contributed by atoms with Crippen molar-refractivity contribution in [3.8, 4) is 0 Å². The Hall–Kier alpha value is -3.26. The Kier molecular flexibility index (Phi) is 5.26. The van der Waals surface area contributed by atoms with Crippen LogP contribution >= 0.6 is 0 Å². The molecule has 1 fully saturated rings. The summed E-state index contributed by atoms with van der Waals surface area (Å²) < 4.78 is 15.9. The van der Waals surface area contributed by atoms with Gasteiger partial charge in [-0.25, -0.2) is 9.37 Å². The van der Waals surface area contributed by atoms with E-state index < -0.39 is 23.2 Å². The van der Waals surface area contributed by atoms with E-state index >= 15 is 0 Å². The first-order chi connectivity index (χ1) is 14.3. The number of nitrogens with zero attached hydrogens (tertiary/aromatic N) is 2. The van der Waals surface area contributed by atoms with E-state index in [1.807, 2.05) is 0 Å². The highest BCUT2D eigenvalue weighted by atomic mass is 19.1. The second kappa shape index (κ2) is 7.87. The third kappa shape index (κ3) is 3.91. The summed E-state index contributed by atoms with van der Waals surface area (Å²) in [7, 11) is 0. The lowest BCUT2D eigenvalue weighted by molar-refractivity contribution is -0.00861. The normalized spacial score (nSPS) is 21.4. The van der Waals surface area contributed by atoms with Crippen LogP contribution in [0.15, 0.2) is 48.8 Å². The quantitative estimate of drug-likeness (QED) is 0.616. The summed E-state index contributed by atoms with van der Waals surface area (Å²) in [6, 6.07) is 8.72. The van der Waals surface area contributed by atoms with Gasteiger partial charge in [-0.15, -0.1) is 0 Å². The molecule has 3 aromatic rings. The number of aliphatic hydroxyl groups is 1. The monoisotopic (exact) mass is 410 g/mol. The van der Waals surface area contributed by atoms with E-state index in [2.05, 4.69) is 15.6 Å². The average molecular weight is 410 g/mol. The summed E-state index contributed by atoms with van der Waals surface area (Å²) in [6.07, 6.45) is 6.22. The van der Waals surface area contributed by atoms with Gasteiger partial charge in [0.15, 0.2) is 0 Å². The third-order valence-corrected chi connectivity index (χ3v) is 5.61. The molecule has 0 radical (unpaired) electrons. The van der Waals surface area contributed by atoms with Crippen LogP contribution in [-0.4, -0.2) is 37.9 Å². The number of benzene rings is 1. The van der Waals surface area contributed by atoms with Gasteiger partial charge in [0.05, 0.1) is 23.5 Å². The van der Waals surface area contributed by atoms with Crippen LogP contribution in [0.3, 0.4) is 0 Å². The van der Waals surface area contributed by atoms with Crippen LogP contribution < -0.4 is 10.6 Å². The van der Waals surface area contributed by atoms with E-state index in [0.29, 0.717) is 18.5 Å². The lowest BCUT2D eigenvalue weighted by atomic mass is 9.81. The Balaban J connectivity index is 1.53. The van der Waals surface area contributed by atoms with Crippen LogP contribution in [0.4, 0.5) is 10.1 Å². The lowest BCUT2D eigenvalue weighted by Gasteiger charge is -2.37. The molecule has 0 saturated heterocycles. The number of aromatic nitrogens is 2. The van der Waals surface area contributed by atoms with Crippen molar-refractivity contribution in [1.29, 1.82) is 0 Å². The second-order valence-electron chi connectivity index (χ2n) is 7.85. The minimum absolute atomic E-state index is 0.103. The molecular formula is C22H23FN4O3. The summed E-state index contributed by atoms with van der Waals surface area (Å²) in [4.78, 5) is 29.5. The zero-order chi connectivity index (χ0) is 21.3. The number of pyridine rings is 1. The highest BCUT2D eigenvalue weighted by Gasteiger charge is 2.35. The van der Waals surface area contributed by atoms with E-state index in [9.17, 15) is 19.1 Å². The van der Waals surface area contributed by atoms with Gasteiger partial charge in [-0.2, -0.15) is 0 Å². The SMILES string of the molecule is C[C@@]1(O)CCCC[C@@H]1NC(=O)c1ccc(F)c(NC(=O)c2cnc3ccccn23)c1. The molecule has 1 aromatic carbocycles. The highest BCUT2D eigenvalue weighted by Crippen LogP contribution is 2.28. The van der Waals surface area contributed by atoms with Gasteiger partial charge in [-0.1, -0.05) is 18.9 Å². The van der Waals surface area contributed by atoms with Crippen molar-refractivity contribution in [3.63, 3.8) is 0 Å². The van der Waals surface area contributed by atoms with Gasteiger partial charge in [-0.05, 0) is 50.1 Å². The maximum Gasteiger partial charge on any atom is 0.274 e. The summed E-state index contributed by atoms with van der Waals surface area (Å²) >= 11 is 0. The molecule has 8 heteroatoms. The maximum absolute atomic E-state index is 14.3. The Morgan fingerprint density at radius 2 is 2.07 bits per heavy atom. The minimum atomic E-state index is -0.978. The maximum atomic E-state index is 14.3. The standard InChI is InChI=1S/C22H23FN4O3/c1-22(30)10-4-2-6-18(22)26-20(28)14-8-9-15(23)16(12-14)25-21(29)17-13-24-19-7-3-5-11-27(17)19/h3,5,7-9,11-13,18,30H,2,4,6,10H2,1H3,(H,25,29)(H,26,28)/t18-,22+/m0/s1. The first-order valence-electron chi connectivity index (χ1n) is 9.91.